The van der Waals surface area contributed by atoms with Gasteiger partial charge in [-0.05, 0) is 52.5 Å². The van der Waals surface area contributed by atoms with Gasteiger partial charge in [-0.2, -0.15) is 4.98 Å². The van der Waals surface area contributed by atoms with Crippen molar-refractivity contribution in [2.75, 3.05) is 25.5 Å². The molecule has 1 aliphatic heterocycles. The van der Waals surface area contributed by atoms with Crippen LogP contribution < -0.4 is 10.1 Å². The molecule has 6 nitrogen and oxygen atoms in total. The number of ether oxygens (including phenoxy) is 1. The first-order valence-electron chi connectivity index (χ1n) is 12.5. The van der Waals surface area contributed by atoms with E-state index >= 15 is 13.2 Å². The molecule has 36 heavy (non-hydrogen) atoms. The first-order valence-corrected chi connectivity index (χ1v) is 12.5. The Morgan fingerprint density at radius 1 is 1.11 bits per heavy atom. The molecule has 0 bridgehead atoms. The lowest BCUT2D eigenvalue weighted by atomic mass is 9.86. The van der Waals surface area contributed by atoms with Gasteiger partial charge in [0.2, 0.25) is 5.88 Å². The third-order valence-electron chi connectivity index (χ3n) is 7.36. The van der Waals surface area contributed by atoms with Crippen LogP contribution in [0.1, 0.15) is 68.1 Å². The van der Waals surface area contributed by atoms with E-state index in [2.05, 4.69) is 20.3 Å². The molecular formula is C27H32F3N5O. The zero-order valence-electron chi connectivity index (χ0n) is 21.3. The molecule has 0 unspecified atom stereocenters. The van der Waals surface area contributed by atoms with Crippen LogP contribution in [0.4, 0.5) is 19.0 Å². The highest BCUT2D eigenvalue weighted by Gasteiger charge is 2.50. The molecule has 1 aromatic carbocycles. The van der Waals surface area contributed by atoms with Crippen LogP contribution in [0.3, 0.4) is 0 Å². The van der Waals surface area contributed by atoms with Gasteiger partial charge < -0.3 is 10.1 Å². The van der Waals surface area contributed by atoms with Gasteiger partial charge in [0.05, 0.1) is 30.0 Å². The fraction of sp³-hybridized carbons (Fsp3) is 0.519. The molecule has 5 rings (SSSR count). The molecule has 3 heterocycles. The average Bonchev–Trinajstić information content (AvgIpc) is 3.62. The summed E-state index contributed by atoms with van der Waals surface area (Å²) in [6.07, 6.45) is 2.13. The molecule has 0 amide bonds. The molecule has 1 N–H and O–H groups in total. The summed E-state index contributed by atoms with van der Waals surface area (Å²) < 4.78 is 51.7. The van der Waals surface area contributed by atoms with Crippen molar-refractivity contribution in [2.45, 2.75) is 64.5 Å². The van der Waals surface area contributed by atoms with Crippen LogP contribution in [-0.4, -0.2) is 46.1 Å². The highest BCUT2D eigenvalue weighted by Crippen LogP contribution is 2.46. The van der Waals surface area contributed by atoms with Gasteiger partial charge in [-0.1, -0.05) is 18.2 Å². The molecule has 9 heteroatoms. The predicted molar refractivity (Wildman–Crippen MR) is 133 cm³/mol. The average molecular weight is 500 g/mol. The lowest BCUT2D eigenvalue weighted by Gasteiger charge is -2.45. The first-order chi connectivity index (χ1) is 17.1. The van der Waals surface area contributed by atoms with E-state index in [1.54, 1.807) is 27.0 Å². The molecule has 2 aliphatic rings. The molecule has 2 aromatic heterocycles. The summed E-state index contributed by atoms with van der Waals surface area (Å²) in [4.78, 5) is 15.5. The third-order valence-corrected chi connectivity index (χ3v) is 7.36. The topological polar surface area (TPSA) is 63.2 Å². The number of benzene rings is 1. The molecule has 3 aromatic rings. The Kier molecular flexibility index (Phi) is 6.31. The summed E-state index contributed by atoms with van der Waals surface area (Å²) in [5, 5.41) is 3.93. The van der Waals surface area contributed by atoms with Crippen molar-refractivity contribution in [2.24, 2.45) is 5.92 Å². The number of aryl methyl sites for hydroxylation is 1. The monoisotopic (exact) mass is 499 g/mol. The van der Waals surface area contributed by atoms with Gasteiger partial charge in [0.15, 0.2) is 5.65 Å². The van der Waals surface area contributed by atoms with E-state index in [4.69, 9.17) is 4.74 Å². The van der Waals surface area contributed by atoms with Crippen molar-refractivity contribution < 1.29 is 17.9 Å². The molecule has 1 saturated heterocycles. The van der Waals surface area contributed by atoms with Crippen molar-refractivity contribution in [1.82, 2.24) is 19.9 Å². The highest BCUT2D eigenvalue weighted by atomic mass is 19.3. The van der Waals surface area contributed by atoms with Crippen molar-refractivity contribution in [3.8, 4) is 5.88 Å². The van der Waals surface area contributed by atoms with Crippen LogP contribution in [0.15, 0.2) is 24.3 Å². The van der Waals surface area contributed by atoms with Gasteiger partial charge in [0.1, 0.15) is 17.5 Å². The number of pyridine rings is 1. The maximum atomic E-state index is 15.6. The summed E-state index contributed by atoms with van der Waals surface area (Å²) >= 11 is 0. The summed E-state index contributed by atoms with van der Waals surface area (Å²) in [6, 6.07) is 5.80. The minimum Gasteiger partial charge on any atom is -0.481 e. The Morgan fingerprint density at radius 2 is 1.83 bits per heavy atom. The Balaban J connectivity index is 1.46. The molecule has 0 spiro atoms. The van der Waals surface area contributed by atoms with E-state index < -0.39 is 29.3 Å². The zero-order chi connectivity index (χ0) is 25.8. The highest BCUT2D eigenvalue weighted by molar-refractivity contribution is 5.88. The maximum absolute atomic E-state index is 15.6. The summed E-state index contributed by atoms with van der Waals surface area (Å²) in [5.74, 6) is -3.10. The number of rotatable bonds is 8. The second-order valence-electron chi connectivity index (χ2n) is 10.3. The Morgan fingerprint density at radius 3 is 2.47 bits per heavy atom. The number of halogens is 3. The minimum absolute atomic E-state index is 0.167. The van der Waals surface area contributed by atoms with Gasteiger partial charge >= 0.3 is 0 Å². The van der Waals surface area contributed by atoms with Gasteiger partial charge in [0, 0.05) is 30.3 Å². The minimum atomic E-state index is -3.25. The van der Waals surface area contributed by atoms with Crippen LogP contribution in [0.5, 0.6) is 5.88 Å². The number of hydrogen-bond acceptors (Lipinski definition) is 6. The normalized spacial score (nSPS) is 17.9. The van der Waals surface area contributed by atoms with Gasteiger partial charge in [-0.25, -0.2) is 23.1 Å². The lowest BCUT2D eigenvalue weighted by molar-refractivity contribution is -0.132. The van der Waals surface area contributed by atoms with E-state index in [1.807, 2.05) is 24.8 Å². The summed E-state index contributed by atoms with van der Waals surface area (Å²) in [5.41, 5.74) is 1.09. The smallest absolute Gasteiger partial charge is 0.281 e. The SMILES string of the molecule is COc1nc2nc(C)nc(N[C@H](C)c3cccc(C(F)(F)C4CN(C(C)C)C4)c3F)c2cc1C1CC1. The second-order valence-corrected chi connectivity index (χ2v) is 10.3. The molecule has 1 aliphatic carbocycles. The molecule has 2 fully saturated rings. The predicted octanol–water partition coefficient (Wildman–Crippen LogP) is 5.96. The number of anilines is 1. The maximum Gasteiger partial charge on any atom is 0.281 e. The van der Waals surface area contributed by atoms with Crippen molar-refractivity contribution in [3.05, 3.63) is 52.6 Å². The number of nitrogens with one attached hydrogen (secondary N) is 1. The van der Waals surface area contributed by atoms with Crippen molar-refractivity contribution in [3.63, 3.8) is 0 Å². The Hall–Kier alpha value is -2.94. The van der Waals surface area contributed by atoms with Crippen LogP contribution in [0.25, 0.3) is 11.0 Å². The fourth-order valence-electron chi connectivity index (χ4n) is 4.93. The lowest BCUT2D eigenvalue weighted by Crippen LogP contribution is -2.56. The molecular weight excluding hydrogens is 467 g/mol. The number of aromatic nitrogens is 3. The van der Waals surface area contributed by atoms with Crippen LogP contribution >= 0.6 is 0 Å². The number of fused-ring (bicyclic) bond motifs is 1. The summed E-state index contributed by atoms with van der Waals surface area (Å²) in [6.45, 7) is 7.95. The zero-order valence-corrected chi connectivity index (χ0v) is 21.3. The number of hydrogen-bond donors (Lipinski definition) is 1. The molecule has 1 saturated carbocycles. The third kappa shape index (κ3) is 4.38. The Bertz CT molecular complexity index is 1290. The van der Waals surface area contributed by atoms with E-state index in [9.17, 15) is 0 Å². The van der Waals surface area contributed by atoms with Crippen LogP contribution in [-0.2, 0) is 5.92 Å². The van der Waals surface area contributed by atoms with Crippen molar-refractivity contribution >= 4 is 16.9 Å². The fourth-order valence-corrected chi connectivity index (χ4v) is 4.93. The number of likely N-dealkylation sites (tertiary alicyclic amines) is 1. The summed E-state index contributed by atoms with van der Waals surface area (Å²) in [7, 11) is 1.59. The molecule has 0 radical (unpaired) electrons. The van der Waals surface area contributed by atoms with E-state index in [1.165, 1.54) is 12.1 Å². The molecule has 1 atom stereocenters. The van der Waals surface area contributed by atoms with E-state index in [-0.39, 0.29) is 24.7 Å². The largest absolute Gasteiger partial charge is 0.481 e. The van der Waals surface area contributed by atoms with Crippen molar-refractivity contribution in [1.29, 1.82) is 0 Å². The van der Waals surface area contributed by atoms with Gasteiger partial charge in [-0.15, -0.1) is 0 Å². The number of methoxy groups -OCH3 is 1. The van der Waals surface area contributed by atoms with Gasteiger partial charge in [-0.3, -0.25) is 4.90 Å². The van der Waals surface area contributed by atoms with E-state index in [0.29, 0.717) is 34.5 Å². The van der Waals surface area contributed by atoms with E-state index in [0.717, 1.165) is 18.4 Å². The quantitative estimate of drug-likeness (QED) is 0.412. The number of nitrogens with zero attached hydrogens (tertiary/aromatic N) is 4. The first kappa shape index (κ1) is 24.7. The second kappa shape index (κ2) is 9.18. The molecule has 192 valence electrons. The van der Waals surface area contributed by atoms with Gasteiger partial charge in [0.25, 0.3) is 5.92 Å². The number of alkyl halides is 2. The standard InChI is InChI=1S/C27H32F3N5O/c1-14(2)35-12-18(13-35)27(29,30)22-8-6-7-19(23(22)28)15(3)31-24-21-11-20(17-9-10-17)26(36-5)34-25(21)33-16(4)32-24/h6-8,11,14-15,17-18H,9-10,12-13H2,1-5H3,(H,31,32,33,34)/t15-/m1/s1. The van der Waals surface area contributed by atoms with Crippen LogP contribution in [0.2, 0.25) is 0 Å². The Labute approximate surface area is 209 Å². The van der Waals surface area contributed by atoms with Crippen LogP contribution in [0, 0.1) is 18.7 Å².